The highest BCUT2D eigenvalue weighted by Gasteiger charge is 2.32. The first-order chi connectivity index (χ1) is 6.32. The summed E-state index contributed by atoms with van der Waals surface area (Å²) < 4.78 is 0. The van der Waals surface area contributed by atoms with Gasteiger partial charge in [0.1, 0.15) is 0 Å². The largest absolute Gasteiger partial charge is 0.344 e. The maximum atomic E-state index is 11.6. The Morgan fingerprint density at radius 2 is 2.07 bits per heavy atom. The van der Waals surface area contributed by atoms with Crippen LogP contribution >= 0.6 is 0 Å². The van der Waals surface area contributed by atoms with Gasteiger partial charge in [-0.1, -0.05) is 20.8 Å². The number of carbonyl (C=O) groups is 1. The number of likely N-dealkylation sites (N-methyl/N-ethyl adjacent to an activating group) is 1. The van der Waals surface area contributed by atoms with Crippen LogP contribution in [0.3, 0.4) is 0 Å². The Kier molecular flexibility index (Phi) is 3.20. The number of nitrogens with zero attached hydrogens (tertiary/aromatic N) is 1. The Hall–Kier alpha value is -0.570. The van der Waals surface area contributed by atoms with Crippen LogP contribution in [-0.4, -0.2) is 36.5 Å². The van der Waals surface area contributed by atoms with E-state index in [1.54, 1.807) is 4.90 Å². The molecule has 0 spiro atoms. The van der Waals surface area contributed by atoms with Crippen LogP contribution in [-0.2, 0) is 4.79 Å². The maximum Gasteiger partial charge on any atom is 0.239 e. The van der Waals surface area contributed by atoms with Crippen LogP contribution < -0.4 is 5.32 Å². The fraction of sp³-hybridized carbons (Fsp3) is 0.909. The molecule has 0 radical (unpaired) electrons. The molecule has 3 heteroatoms. The van der Waals surface area contributed by atoms with E-state index in [-0.39, 0.29) is 17.4 Å². The molecule has 1 aliphatic rings. The fourth-order valence-electron chi connectivity index (χ4n) is 1.53. The highest BCUT2D eigenvalue weighted by Crippen LogP contribution is 2.20. The van der Waals surface area contributed by atoms with Crippen molar-refractivity contribution in [2.24, 2.45) is 5.41 Å². The summed E-state index contributed by atoms with van der Waals surface area (Å²) in [4.78, 5) is 13.4. The van der Waals surface area contributed by atoms with Crippen molar-refractivity contribution in [2.45, 2.75) is 46.2 Å². The van der Waals surface area contributed by atoms with Gasteiger partial charge in [-0.05, 0) is 18.8 Å². The highest BCUT2D eigenvalue weighted by molar-refractivity contribution is 5.83. The molecule has 0 saturated carbocycles. The molecular weight excluding hydrogens is 176 g/mol. The van der Waals surface area contributed by atoms with Crippen molar-refractivity contribution in [1.29, 1.82) is 0 Å². The van der Waals surface area contributed by atoms with Gasteiger partial charge >= 0.3 is 0 Å². The second kappa shape index (κ2) is 3.89. The van der Waals surface area contributed by atoms with Gasteiger partial charge in [0.15, 0.2) is 0 Å². The summed E-state index contributed by atoms with van der Waals surface area (Å²) in [6.45, 7) is 9.59. The molecule has 82 valence electrons. The minimum Gasteiger partial charge on any atom is -0.344 e. The standard InChI is InChI=1S/C11H22N2O/c1-8(11(2,3)4)12-9-6-7-13(5)10(9)14/h8-9,12H,6-7H2,1-5H3. The minimum absolute atomic E-state index is 0.0363. The molecule has 1 fully saturated rings. The second-order valence-electron chi connectivity index (χ2n) is 5.36. The first-order valence-corrected chi connectivity index (χ1v) is 5.33. The molecule has 1 N–H and O–H groups in total. The van der Waals surface area contributed by atoms with Gasteiger partial charge in [-0.3, -0.25) is 4.79 Å². The first-order valence-electron chi connectivity index (χ1n) is 5.33. The molecule has 1 aliphatic heterocycles. The molecule has 1 heterocycles. The Labute approximate surface area is 86.9 Å². The van der Waals surface area contributed by atoms with E-state index in [0.717, 1.165) is 13.0 Å². The molecule has 2 unspecified atom stereocenters. The molecule has 3 nitrogen and oxygen atoms in total. The van der Waals surface area contributed by atoms with Crippen molar-refractivity contribution in [3.63, 3.8) is 0 Å². The van der Waals surface area contributed by atoms with Crippen molar-refractivity contribution in [3.05, 3.63) is 0 Å². The number of nitrogens with one attached hydrogen (secondary N) is 1. The third-order valence-electron chi connectivity index (χ3n) is 3.18. The normalized spacial score (nSPS) is 25.6. The number of amides is 1. The van der Waals surface area contributed by atoms with Crippen molar-refractivity contribution >= 4 is 5.91 Å². The molecule has 0 bridgehead atoms. The van der Waals surface area contributed by atoms with Crippen molar-refractivity contribution in [2.75, 3.05) is 13.6 Å². The zero-order chi connectivity index (χ0) is 10.9. The van der Waals surface area contributed by atoms with Crippen LogP contribution in [0.4, 0.5) is 0 Å². The van der Waals surface area contributed by atoms with Gasteiger partial charge in [-0.25, -0.2) is 0 Å². The van der Waals surface area contributed by atoms with E-state index in [2.05, 4.69) is 33.0 Å². The van der Waals surface area contributed by atoms with Crippen LogP contribution in [0.25, 0.3) is 0 Å². The number of likely N-dealkylation sites (tertiary alicyclic amines) is 1. The molecule has 1 amide bonds. The summed E-state index contributed by atoms with van der Waals surface area (Å²) in [6.07, 6.45) is 0.940. The molecule has 14 heavy (non-hydrogen) atoms. The van der Waals surface area contributed by atoms with Crippen molar-refractivity contribution in [3.8, 4) is 0 Å². The lowest BCUT2D eigenvalue weighted by Crippen LogP contribution is -2.47. The molecule has 0 aromatic heterocycles. The van der Waals surface area contributed by atoms with E-state index < -0.39 is 0 Å². The Morgan fingerprint density at radius 1 is 1.50 bits per heavy atom. The number of rotatable bonds is 2. The fourth-order valence-corrected chi connectivity index (χ4v) is 1.53. The minimum atomic E-state index is 0.0363. The summed E-state index contributed by atoms with van der Waals surface area (Å²) in [7, 11) is 1.87. The summed E-state index contributed by atoms with van der Waals surface area (Å²) >= 11 is 0. The number of hydrogen-bond acceptors (Lipinski definition) is 2. The molecule has 1 saturated heterocycles. The highest BCUT2D eigenvalue weighted by atomic mass is 16.2. The van der Waals surface area contributed by atoms with Crippen molar-refractivity contribution in [1.82, 2.24) is 10.2 Å². The van der Waals surface area contributed by atoms with E-state index in [0.29, 0.717) is 6.04 Å². The predicted octanol–water partition coefficient (Wildman–Crippen LogP) is 1.24. The average molecular weight is 198 g/mol. The molecular formula is C11H22N2O. The zero-order valence-corrected chi connectivity index (χ0v) is 9.92. The Morgan fingerprint density at radius 3 is 2.43 bits per heavy atom. The van der Waals surface area contributed by atoms with Gasteiger partial charge in [-0.15, -0.1) is 0 Å². The SMILES string of the molecule is CC(NC1CCN(C)C1=O)C(C)(C)C. The summed E-state index contributed by atoms with van der Waals surface area (Å²) in [5, 5.41) is 3.41. The Bertz CT molecular complexity index is 220. The van der Waals surface area contributed by atoms with E-state index >= 15 is 0 Å². The van der Waals surface area contributed by atoms with Gasteiger partial charge in [-0.2, -0.15) is 0 Å². The van der Waals surface area contributed by atoms with Crippen LogP contribution in [0.2, 0.25) is 0 Å². The lowest BCUT2D eigenvalue weighted by molar-refractivity contribution is -0.128. The molecule has 0 aliphatic carbocycles. The third-order valence-corrected chi connectivity index (χ3v) is 3.18. The van der Waals surface area contributed by atoms with Crippen LogP contribution in [0.1, 0.15) is 34.1 Å². The topological polar surface area (TPSA) is 32.3 Å². The van der Waals surface area contributed by atoms with Gasteiger partial charge in [0.05, 0.1) is 6.04 Å². The van der Waals surface area contributed by atoms with Crippen molar-refractivity contribution < 1.29 is 4.79 Å². The quantitative estimate of drug-likeness (QED) is 0.724. The predicted molar refractivity (Wildman–Crippen MR) is 58.1 cm³/mol. The monoisotopic (exact) mass is 198 g/mol. The average Bonchev–Trinajstić information content (AvgIpc) is 2.34. The summed E-state index contributed by atoms with van der Waals surface area (Å²) in [5.41, 5.74) is 0.210. The van der Waals surface area contributed by atoms with Gasteiger partial charge < -0.3 is 10.2 Å². The van der Waals surface area contributed by atoms with E-state index in [1.165, 1.54) is 0 Å². The molecule has 2 atom stereocenters. The van der Waals surface area contributed by atoms with Crippen LogP contribution in [0.15, 0.2) is 0 Å². The van der Waals surface area contributed by atoms with Gasteiger partial charge in [0.2, 0.25) is 5.91 Å². The third kappa shape index (κ3) is 2.47. The lowest BCUT2D eigenvalue weighted by Gasteiger charge is -2.30. The summed E-state index contributed by atoms with van der Waals surface area (Å²) in [6, 6.07) is 0.400. The second-order valence-corrected chi connectivity index (χ2v) is 5.36. The van der Waals surface area contributed by atoms with E-state index in [4.69, 9.17) is 0 Å². The number of carbonyl (C=O) groups excluding carboxylic acids is 1. The molecule has 1 rings (SSSR count). The van der Waals surface area contributed by atoms with Crippen LogP contribution in [0.5, 0.6) is 0 Å². The molecule has 0 aromatic rings. The van der Waals surface area contributed by atoms with Gasteiger partial charge in [0.25, 0.3) is 0 Å². The Balaban J connectivity index is 2.50. The lowest BCUT2D eigenvalue weighted by atomic mass is 9.87. The summed E-state index contributed by atoms with van der Waals surface area (Å²) in [5.74, 6) is 0.237. The number of hydrogen-bond donors (Lipinski definition) is 1. The smallest absolute Gasteiger partial charge is 0.239 e. The van der Waals surface area contributed by atoms with Gasteiger partial charge in [0, 0.05) is 19.6 Å². The molecule has 0 aromatic carbocycles. The van der Waals surface area contributed by atoms with E-state index in [9.17, 15) is 4.79 Å². The first kappa shape index (κ1) is 11.5. The zero-order valence-electron chi connectivity index (χ0n) is 9.92. The maximum absolute atomic E-state index is 11.6. The van der Waals surface area contributed by atoms with Crippen LogP contribution in [0, 0.1) is 5.41 Å². The van der Waals surface area contributed by atoms with E-state index in [1.807, 2.05) is 7.05 Å².